The lowest BCUT2D eigenvalue weighted by atomic mass is 9.94. The Labute approximate surface area is 69.2 Å². The van der Waals surface area contributed by atoms with E-state index in [2.05, 4.69) is 44.4 Å². The maximum absolute atomic E-state index is 3.20. The van der Waals surface area contributed by atoms with Crippen LogP contribution in [0.2, 0.25) is 0 Å². The molecule has 0 aromatic heterocycles. The lowest BCUT2D eigenvalue weighted by Gasteiger charge is -2.09. The zero-order valence-electron chi connectivity index (χ0n) is 7.39. The third-order valence-corrected chi connectivity index (χ3v) is 2.01. The first-order valence-corrected chi connectivity index (χ1v) is 3.98. The van der Waals surface area contributed by atoms with Crippen molar-refractivity contribution in [2.45, 2.75) is 13.0 Å². The third-order valence-electron chi connectivity index (χ3n) is 2.01. The van der Waals surface area contributed by atoms with E-state index < -0.39 is 0 Å². The van der Waals surface area contributed by atoms with Crippen molar-refractivity contribution in [1.29, 1.82) is 0 Å². The summed E-state index contributed by atoms with van der Waals surface area (Å²) in [6.07, 6.45) is 0. The SMILES string of the molecule is Bc1ccc([C@H](C)NC)cc1. The second kappa shape index (κ2) is 3.58. The van der Waals surface area contributed by atoms with E-state index in [1.807, 2.05) is 7.05 Å². The van der Waals surface area contributed by atoms with Gasteiger partial charge >= 0.3 is 0 Å². The normalized spacial score (nSPS) is 12.9. The summed E-state index contributed by atoms with van der Waals surface area (Å²) in [7, 11) is 4.08. The zero-order chi connectivity index (χ0) is 8.27. The highest BCUT2D eigenvalue weighted by molar-refractivity contribution is 6.32. The number of rotatable bonds is 2. The predicted octanol–water partition coefficient (Wildman–Crippen LogP) is 0.225. The van der Waals surface area contributed by atoms with Gasteiger partial charge in [-0.05, 0) is 19.5 Å². The van der Waals surface area contributed by atoms with Gasteiger partial charge in [0.05, 0.1) is 0 Å². The minimum atomic E-state index is 0.454. The second-order valence-corrected chi connectivity index (χ2v) is 2.92. The van der Waals surface area contributed by atoms with Gasteiger partial charge in [0.15, 0.2) is 0 Å². The highest BCUT2D eigenvalue weighted by atomic mass is 14.8. The molecule has 0 saturated carbocycles. The monoisotopic (exact) mass is 147 g/mol. The van der Waals surface area contributed by atoms with Crippen LogP contribution in [0, 0.1) is 0 Å². The van der Waals surface area contributed by atoms with Gasteiger partial charge in [-0.3, -0.25) is 0 Å². The van der Waals surface area contributed by atoms with Crippen molar-refractivity contribution < 1.29 is 0 Å². The minimum Gasteiger partial charge on any atom is -0.313 e. The van der Waals surface area contributed by atoms with E-state index >= 15 is 0 Å². The summed E-state index contributed by atoms with van der Waals surface area (Å²) in [5, 5.41) is 3.20. The van der Waals surface area contributed by atoms with E-state index in [1.54, 1.807) is 0 Å². The van der Waals surface area contributed by atoms with E-state index in [0.29, 0.717) is 6.04 Å². The molecule has 11 heavy (non-hydrogen) atoms. The molecule has 0 aliphatic carbocycles. The van der Waals surface area contributed by atoms with Gasteiger partial charge in [-0.2, -0.15) is 0 Å². The lowest BCUT2D eigenvalue weighted by Crippen LogP contribution is -2.13. The summed E-state index contributed by atoms with van der Waals surface area (Å²) in [6, 6.07) is 9.06. The van der Waals surface area contributed by atoms with Crippen LogP contribution in [0.4, 0.5) is 0 Å². The number of hydrogen-bond donors (Lipinski definition) is 1. The smallest absolute Gasteiger partial charge is 0.139 e. The summed E-state index contributed by atoms with van der Waals surface area (Å²) in [4.78, 5) is 0. The van der Waals surface area contributed by atoms with Crippen LogP contribution in [0.15, 0.2) is 24.3 Å². The van der Waals surface area contributed by atoms with Crippen LogP contribution in [-0.2, 0) is 0 Å². The first kappa shape index (κ1) is 8.34. The van der Waals surface area contributed by atoms with Gasteiger partial charge in [-0.15, -0.1) is 0 Å². The van der Waals surface area contributed by atoms with Crippen molar-refractivity contribution >= 4 is 13.3 Å². The summed E-state index contributed by atoms with van der Waals surface area (Å²) >= 11 is 0. The van der Waals surface area contributed by atoms with E-state index in [4.69, 9.17) is 0 Å². The predicted molar refractivity (Wildman–Crippen MR) is 52.1 cm³/mol. The molecule has 0 aliphatic rings. The molecule has 0 saturated heterocycles. The molecular weight excluding hydrogens is 133 g/mol. The van der Waals surface area contributed by atoms with E-state index in [-0.39, 0.29) is 0 Å². The summed E-state index contributed by atoms with van der Waals surface area (Å²) in [5.74, 6) is 0. The third kappa shape index (κ3) is 2.09. The fourth-order valence-corrected chi connectivity index (χ4v) is 1.02. The van der Waals surface area contributed by atoms with Crippen LogP contribution in [0.5, 0.6) is 0 Å². The van der Waals surface area contributed by atoms with E-state index in [1.165, 1.54) is 11.0 Å². The minimum absolute atomic E-state index is 0.454. The summed E-state index contributed by atoms with van der Waals surface area (Å²) in [5.41, 5.74) is 2.66. The van der Waals surface area contributed by atoms with Gasteiger partial charge in [0.2, 0.25) is 0 Å². The molecule has 1 atom stereocenters. The standard InChI is InChI=1S/C9H14BN/c1-7(11-2)8-3-5-9(10)6-4-8/h3-7,11H,10H2,1-2H3/t7-/m0/s1. The van der Waals surface area contributed by atoms with Crippen molar-refractivity contribution in [2.75, 3.05) is 7.05 Å². The van der Waals surface area contributed by atoms with Crippen LogP contribution in [-0.4, -0.2) is 14.9 Å². The Balaban J connectivity index is 2.81. The molecule has 0 heterocycles. The highest BCUT2D eigenvalue weighted by Crippen LogP contribution is 2.08. The van der Waals surface area contributed by atoms with Crippen molar-refractivity contribution in [3.63, 3.8) is 0 Å². The van der Waals surface area contributed by atoms with E-state index in [0.717, 1.165) is 0 Å². The van der Waals surface area contributed by atoms with Crippen LogP contribution in [0.3, 0.4) is 0 Å². The fourth-order valence-electron chi connectivity index (χ4n) is 1.02. The fraction of sp³-hybridized carbons (Fsp3) is 0.333. The van der Waals surface area contributed by atoms with Gasteiger partial charge in [0.25, 0.3) is 0 Å². The zero-order valence-corrected chi connectivity index (χ0v) is 7.39. The maximum atomic E-state index is 3.20. The first-order chi connectivity index (χ1) is 5.24. The molecule has 0 bridgehead atoms. The Morgan fingerprint density at radius 1 is 1.27 bits per heavy atom. The Morgan fingerprint density at radius 3 is 2.27 bits per heavy atom. The van der Waals surface area contributed by atoms with Crippen LogP contribution >= 0.6 is 0 Å². The molecular formula is C9H14BN. The first-order valence-electron chi connectivity index (χ1n) is 3.98. The number of hydrogen-bond acceptors (Lipinski definition) is 1. The number of benzene rings is 1. The second-order valence-electron chi connectivity index (χ2n) is 2.92. The van der Waals surface area contributed by atoms with Crippen molar-refractivity contribution in [1.82, 2.24) is 5.32 Å². The van der Waals surface area contributed by atoms with Gasteiger partial charge in [0, 0.05) is 6.04 Å². The molecule has 1 N–H and O–H groups in total. The molecule has 0 amide bonds. The molecule has 1 nitrogen and oxygen atoms in total. The van der Waals surface area contributed by atoms with Crippen LogP contribution in [0.1, 0.15) is 18.5 Å². The summed E-state index contributed by atoms with van der Waals surface area (Å²) in [6.45, 7) is 2.16. The molecule has 0 radical (unpaired) electrons. The van der Waals surface area contributed by atoms with Crippen molar-refractivity contribution in [3.05, 3.63) is 29.8 Å². The highest BCUT2D eigenvalue weighted by Gasteiger charge is 1.99. The number of nitrogens with one attached hydrogen (secondary N) is 1. The van der Waals surface area contributed by atoms with Crippen LogP contribution < -0.4 is 10.8 Å². The molecule has 58 valence electrons. The van der Waals surface area contributed by atoms with Crippen molar-refractivity contribution in [3.8, 4) is 0 Å². The molecule has 0 aliphatic heterocycles. The Hall–Kier alpha value is -0.755. The van der Waals surface area contributed by atoms with Gasteiger partial charge in [-0.25, -0.2) is 0 Å². The Morgan fingerprint density at radius 2 is 1.82 bits per heavy atom. The van der Waals surface area contributed by atoms with E-state index in [9.17, 15) is 0 Å². The largest absolute Gasteiger partial charge is 0.313 e. The van der Waals surface area contributed by atoms with Gasteiger partial charge in [0.1, 0.15) is 7.85 Å². The topological polar surface area (TPSA) is 12.0 Å². The molecule has 0 fully saturated rings. The van der Waals surface area contributed by atoms with Gasteiger partial charge < -0.3 is 5.32 Å². The average molecular weight is 147 g/mol. The lowest BCUT2D eigenvalue weighted by molar-refractivity contribution is 0.652. The molecule has 0 unspecified atom stereocenters. The molecule has 1 aromatic carbocycles. The van der Waals surface area contributed by atoms with Crippen molar-refractivity contribution in [2.24, 2.45) is 0 Å². The summed E-state index contributed by atoms with van der Waals surface area (Å²) < 4.78 is 0. The molecule has 0 spiro atoms. The quantitative estimate of drug-likeness (QED) is 0.590. The molecule has 1 rings (SSSR count). The van der Waals surface area contributed by atoms with Gasteiger partial charge in [-0.1, -0.05) is 29.7 Å². The molecule has 1 aromatic rings. The average Bonchev–Trinajstić information content (AvgIpc) is 2.05. The Bertz CT molecular complexity index is 218. The Kier molecular flexibility index (Phi) is 2.72. The maximum Gasteiger partial charge on any atom is 0.139 e. The van der Waals surface area contributed by atoms with Crippen LogP contribution in [0.25, 0.3) is 0 Å². The molecule has 2 heteroatoms.